The second-order valence-corrected chi connectivity index (χ2v) is 6.67. The fourth-order valence-corrected chi connectivity index (χ4v) is 3.93. The summed E-state index contributed by atoms with van der Waals surface area (Å²) in [5, 5.41) is 2.59. The van der Waals surface area contributed by atoms with Crippen molar-refractivity contribution in [2.24, 2.45) is 0 Å². The third-order valence-corrected chi connectivity index (χ3v) is 5.19. The van der Waals surface area contributed by atoms with Crippen LogP contribution in [-0.4, -0.2) is 17.0 Å². The molecule has 116 valence electrons. The molecule has 0 saturated carbocycles. The van der Waals surface area contributed by atoms with Gasteiger partial charge >= 0.3 is 0 Å². The van der Waals surface area contributed by atoms with Crippen molar-refractivity contribution < 1.29 is 4.79 Å². The minimum atomic E-state index is -0.0950. The van der Waals surface area contributed by atoms with Gasteiger partial charge in [-0.2, -0.15) is 0 Å². The second-order valence-electron chi connectivity index (χ2n) is 5.72. The summed E-state index contributed by atoms with van der Waals surface area (Å²) in [6.07, 6.45) is 3.68. The van der Waals surface area contributed by atoms with Crippen molar-refractivity contribution in [1.29, 1.82) is 0 Å². The summed E-state index contributed by atoms with van der Waals surface area (Å²) in [7, 11) is 0. The van der Waals surface area contributed by atoms with Crippen LogP contribution in [0.4, 0.5) is 5.69 Å². The Morgan fingerprint density at radius 3 is 2.96 bits per heavy atom. The molecule has 0 radical (unpaired) electrons. The first-order valence-electron chi connectivity index (χ1n) is 7.69. The molecule has 0 aliphatic carbocycles. The summed E-state index contributed by atoms with van der Waals surface area (Å²) >= 11 is 1.54. The fraction of sp³-hybridized carbons (Fsp3) is 0.222. The number of anilines is 1. The lowest BCUT2D eigenvalue weighted by molar-refractivity contribution is -0.119. The average molecular weight is 324 g/mol. The van der Waals surface area contributed by atoms with Crippen LogP contribution in [0.3, 0.4) is 0 Å². The lowest BCUT2D eigenvalue weighted by Gasteiger charge is -2.29. The molecule has 5 heteroatoms. The number of hydrogen-bond donors (Lipinski definition) is 0. The average Bonchev–Trinajstić information content (AvgIpc) is 3.06. The maximum atomic E-state index is 12.7. The molecule has 3 aromatic rings. The number of carbonyl (C=O) groups is 1. The molecule has 4 nitrogen and oxygen atoms in total. The number of amides is 1. The highest BCUT2D eigenvalue weighted by atomic mass is 32.1. The Kier molecular flexibility index (Phi) is 3.50. The molecule has 0 atom stereocenters. The SMILES string of the molecule is O=C(Cn1ccc2sccc2c1=O)N1CCCc2ccccc21. The van der Waals surface area contributed by atoms with E-state index in [0.29, 0.717) is 11.9 Å². The first-order valence-corrected chi connectivity index (χ1v) is 8.57. The standard InChI is InChI=1S/C18H16N2O2S/c21-17(20-9-3-5-13-4-1-2-6-15(13)20)12-19-10-7-16-14(18(19)22)8-11-23-16/h1-2,4,6-8,10-11H,3,5,9,12H2. The zero-order valence-electron chi connectivity index (χ0n) is 12.6. The number of benzene rings is 1. The van der Waals surface area contributed by atoms with E-state index in [0.717, 1.165) is 23.2 Å². The van der Waals surface area contributed by atoms with Crippen LogP contribution in [-0.2, 0) is 17.8 Å². The quantitative estimate of drug-likeness (QED) is 0.727. The van der Waals surface area contributed by atoms with Crippen molar-refractivity contribution in [3.8, 4) is 0 Å². The van der Waals surface area contributed by atoms with Crippen LogP contribution in [0.1, 0.15) is 12.0 Å². The van der Waals surface area contributed by atoms with Gasteiger partial charge in [0.05, 0.1) is 5.39 Å². The fourth-order valence-electron chi connectivity index (χ4n) is 3.16. The molecule has 23 heavy (non-hydrogen) atoms. The lowest BCUT2D eigenvalue weighted by atomic mass is 10.0. The molecule has 0 spiro atoms. The van der Waals surface area contributed by atoms with Gasteiger partial charge in [0, 0.05) is 23.1 Å². The molecule has 1 aromatic carbocycles. The summed E-state index contributed by atoms with van der Waals surface area (Å²) in [5.74, 6) is -0.0335. The van der Waals surface area contributed by atoms with Gasteiger partial charge in [-0.3, -0.25) is 9.59 Å². The van der Waals surface area contributed by atoms with E-state index < -0.39 is 0 Å². The van der Waals surface area contributed by atoms with Crippen LogP contribution in [0.5, 0.6) is 0 Å². The Hall–Kier alpha value is -2.40. The van der Waals surface area contributed by atoms with E-state index in [2.05, 4.69) is 6.07 Å². The molecule has 2 aromatic heterocycles. The lowest BCUT2D eigenvalue weighted by Crippen LogP contribution is -2.39. The van der Waals surface area contributed by atoms with Crippen molar-refractivity contribution in [2.75, 3.05) is 11.4 Å². The highest BCUT2D eigenvalue weighted by Crippen LogP contribution is 2.26. The number of carbonyl (C=O) groups excluding carboxylic acids is 1. The van der Waals surface area contributed by atoms with Gasteiger partial charge < -0.3 is 9.47 Å². The number of aryl methyl sites for hydroxylation is 1. The molecular weight excluding hydrogens is 308 g/mol. The van der Waals surface area contributed by atoms with Crippen LogP contribution in [0.2, 0.25) is 0 Å². The van der Waals surface area contributed by atoms with Crippen LogP contribution >= 0.6 is 11.3 Å². The highest BCUT2D eigenvalue weighted by molar-refractivity contribution is 7.17. The summed E-state index contributed by atoms with van der Waals surface area (Å²) in [4.78, 5) is 27.0. The number of para-hydroxylation sites is 1. The normalized spacial score (nSPS) is 14.0. The molecule has 1 amide bonds. The van der Waals surface area contributed by atoms with E-state index in [1.807, 2.05) is 40.6 Å². The van der Waals surface area contributed by atoms with Crippen LogP contribution in [0.25, 0.3) is 10.1 Å². The molecule has 0 N–H and O–H groups in total. The van der Waals surface area contributed by atoms with Crippen LogP contribution in [0.15, 0.2) is 52.8 Å². The van der Waals surface area contributed by atoms with E-state index in [4.69, 9.17) is 0 Å². The van der Waals surface area contributed by atoms with Gasteiger partial charge in [-0.1, -0.05) is 18.2 Å². The van der Waals surface area contributed by atoms with Crippen LogP contribution < -0.4 is 10.5 Å². The van der Waals surface area contributed by atoms with Gasteiger partial charge in [-0.25, -0.2) is 0 Å². The minimum Gasteiger partial charge on any atom is -0.311 e. The summed E-state index contributed by atoms with van der Waals surface area (Å²) in [5.41, 5.74) is 2.09. The smallest absolute Gasteiger partial charge is 0.259 e. The van der Waals surface area contributed by atoms with Gasteiger partial charge in [0.1, 0.15) is 6.54 Å². The van der Waals surface area contributed by atoms with Gasteiger partial charge in [-0.15, -0.1) is 11.3 Å². The molecule has 0 saturated heterocycles. The minimum absolute atomic E-state index is 0.0335. The van der Waals surface area contributed by atoms with Gasteiger partial charge in [-0.05, 0) is 42.0 Å². The molecule has 0 unspecified atom stereocenters. The Labute approximate surface area is 137 Å². The van der Waals surface area contributed by atoms with E-state index >= 15 is 0 Å². The predicted molar refractivity (Wildman–Crippen MR) is 93.2 cm³/mol. The van der Waals surface area contributed by atoms with Gasteiger partial charge in [0.25, 0.3) is 5.56 Å². The zero-order chi connectivity index (χ0) is 15.8. The molecular formula is C18H16N2O2S. The Morgan fingerprint density at radius 2 is 2.04 bits per heavy atom. The molecule has 0 fully saturated rings. The van der Waals surface area contributed by atoms with Crippen molar-refractivity contribution >= 4 is 33.0 Å². The number of nitrogens with zero attached hydrogens (tertiary/aromatic N) is 2. The number of fused-ring (bicyclic) bond motifs is 2. The molecule has 1 aliphatic rings. The Morgan fingerprint density at radius 1 is 1.17 bits per heavy atom. The van der Waals surface area contributed by atoms with E-state index in [1.165, 1.54) is 21.5 Å². The van der Waals surface area contributed by atoms with Crippen molar-refractivity contribution in [1.82, 2.24) is 4.57 Å². The first-order chi connectivity index (χ1) is 11.2. The number of thiophene rings is 1. The monoisotopic (exact) mass is 324 g/mol. The Balaban J connectivity index is 1.65. The maximum Gasteiger partial charge on any atom is 0.259 e. The van der Waals surface area contributed by atoms with Gasteiger partial charge in [0.15, 0.2) is 0 Å². The highest BCUT2D eigenvalue weighted by Gasteiger charge is 2.22. The van der Waals surface area contributed by atoms with Crippen molar-refractivity contribution in [3.05, 3.63) is 63.9 Å². The first kappa shape index (κ1) is 14.2. The molecule has 3 heterocycles. The largest absolute Gasteiger partial charge is 0.311 e. The molecule has 1 aliphatic heterocycles. The van der Waals surface area contributed by atoms with E-state index in [1.54, 1.807) is 6.20 Å². The van der Waals surface area contributed by atoms with E-state index in [9.17, 15) is 9.59 Å². The van der Waals surface area contributed by atoms with E-state index in [-0.39, 0.29) is 18.0 Å². The summed E-state index contributed by atoms with van der Waals surface area (Å²) in [6, 6.07) is 11.7. The summed E-state index contributed by atoms with van der Waals surface area (Å²) < 4.78 is 2.47. The number of rotatable bonds is 2. The van der Waals surface area contributed by atoms with Gasteiger partial charge in [0.2, 0.25) is 5.91 Å². The van der Waals surface area contributed by atoms with Crippen molar-refractivity contribution in [2.45, 2.75) is 19.4 Å². The molecule has 0 bridgehead atoms. The summed E-state index contributed by atoms with van der Waals surface area (Å²) in [6.45, 7) is 0.796. The number of pyridine rings is 1. The van der Waals surface area contributed by atoms with Crippen molar-refractivity contribution in [3.63, 3.8) is 0 Å². The second kappa shape index (κ2) is 5.66. The Bertz CT molecular complexity index is 941. The third-order valence-electron chi connectivity index (χ3n) is 4.31. The maximum absolute atomic E-state index is 12.7. The predicted octanol–water partition coefficient (Wildman–Crippen LogP) is 3.04. The van der Waals surface area contributed by atoms with Crippen LogP contribution in [0, 0.1) is 0 Å². The number of hydrogen-bond acceptors (Lipinski definition) is 3. The zero-order valence-corrected chi connectivity index (χ0v) is 13.4. The number of aromatic nitrogens is 1. The molecule has 4 rings (SSSR count). The topological polar surface area (TPSA) is 42.3 Å². The third kappa shape index (κ3) is 2.47.